The number of carbonyl (C=O) groups is 1. The standard InChI is InChI=1S/C14H25N5OS/c1-3-10(2)16-12(20)9-21-14-18-17-13(19(14)15)11-7-5-4-6-8-11/h10-11H,3-9,15H2,1-2H3,(H,16,20)/t10-/m0/s1. The predicted octanol–water partition coefficient (Wildman–Crippen LogP) is 2.05. The minimum atomic E-state index is 0.0107. The average molecular weight is 311 g/mol. The largest absolute Gasteiger partial charge is 0.353 e. The molecule has 1 aliphatic rings. The summed E-state index contributed by atoms with van der Waals surface area (Å²) in [6.45, 7) is 4.04. The summed E-state index contributed by atoms with van der Waals surface area (Å²) in [5, 5.41) is 11.9. The molecule has 1 aromatic rings. The fraction of sp³-hybridized carbons (Fsp3) is 0.786. The van der Waals surface area contributed by atoms with Gasteiger partial charge in [0.15, 0.2) is 5.82 Å². The maximum Gasteiger partial charge on any atom is 0.230 e. The number of thioether (sulfide) groups is 1. The number of rotatable bonds is 6. The third-order valence-corrected chi connectivity index (χ3v) is 4.96. The molecule has 0 aromatic carbocycles. The second kappa shape index (κ2) is 7.68. The van der Waals surface area contributed by atoms with E-state index in [0.29, 0.717) is 16.8 Å². The molecule has 0 aliphatic heterocycles. The minimum Gasteiger partial charge on any atom is -0.353 e. The van der Waals surface area contributed by atoms with E-state index < -0.39 is 0 Å². The van der Waals surface area contributed by atoms with Crippen LogP contribution in [0, 0.1) is 0 Å². The molecular formula is C14H25N5OS. The quantitative estimate of drug-likeness (QED) is 0.620. The molecule has 6 nitrogen and oxygen atoms in total. The van der Waals surface area contributed by atoms with Crippen LogP contribution in [0.1, 0.15) is 64.1 Å². The molecule has 3 N–H and O–H groups in total. The minimum absolute atomic E-state index is 0.0107. The van der Waals surface area contributed by atoms with Gasteiger partial charge in [-0.15, -0.1) is 10.2 Å². The first-order valence-electron chi connectivity index (χ1n) is 7.74. The lowest BCUT2D eigenvalue weighted by atomic mass is 9.89. The molecule has 118 valence electrons. The Balaban J connectivity index is 1.89. The zero-order chi connectivity index (χ0) is 15.2. The van der Waals surface area contributed by atoms with Crippen LogP contribution < -0.4 is 11.2 Å². The molecule has 1 amide bonds. The molecule has 1 fully saturated rings. The summed E-state index contributed by atoms with van der Waals surface area (Å²) in [5.41, 5.74) is 0. The Hall–Kier alpha value is -1.24. The highest BCUT2D eigenvalue weighted by Crippen LogP contribution is 2.32. The number of nitrogen functional groups attached to an aromatic ring is 1. The van der Waals surface area contributed by atoms with Crippen LogP contribution in [0.5, 0.6) is 0 Å². The van der Waals surface area contributed by atoms with E-state index >= 15 is 0 Å². The number of nitrogens with two attached hydrogens (primary N) is 1. The molecule has 7 heteroatoms. The summed E-state index contributed by atoms with van der Waals surface area (Å²) in [6, 6.07) is 0.201. The molecule has 0 radical (unpaired) electrons. The lowest BCUT2D eigenvalue weighted by Gasteiger charge is -2.20. The van der Waals surface area contributed by atoms with Gasteiger partial charge in [0.1, 0.15) is 0 Å². The molecule has 1 saturated carbocycles. The van der Waals surface area contributed by atoms with E-state index in [1.165, 1.54) is 31.0 Å². The number of amides is 1. The zero-order valence-corrected chi connectivity index (χ0v) is 13.7. The highest BCUT2D eigenvalue weighted by molar-refractivity contribution is 7.99. The molecular weight excluding hydrogens is 286 g/mol. The summed E-state index contributed by atoms with van der Waals surface area (Å²) < 4.78 is 1.57. The van der Waals surface area contributed by atoms with Crippen LogP contribution in [-0.2, 0) is 4.79 Å². The molecule has 1 heterocycles. The smallest absolute Gasteiger partial charge is 0.230 e. The highest BCUT2D eigenvalue weighted by Gasteiger charge is 2.22. The summed E-state index contributed by atoms with van der Waals surface area (Å²) in [6.07, 6.45) is 6.96. The summed E-state index contributed by atoms with van der Waals surface area (Å²) >= 11 is 1.34. The van der Waals surface area contributed by atoms with Crippen molar-refractivity contribution in [1.29, 1.82) is 0 Å². The van der Waals surface area contributed by atoms with Gasteiger partial charge in [-0.1, -0.05) is 37.9 Å². The highest BCUT2D eigenvalue weighted by atomic mass is 32.2. The van der Waals surface area contributed by atoms with E-state index in [1.807, 2.05) is 13.8 Å². The summed E-state index contributed by atoms with van der Waals surface area (Å²) in [5.74, 6) is 7.70. The van der Waals surface area contributed by atoms with Gasteiger partial charge in [0.25, 0.3) is 0 Å². The number of aromatic nitrogens is 3. The van der Waals surface area contributed by atoms with Gasteiger partial charge in [-0.25, -0.2) is 4.68 Å². The Bertz CT molecular complexity index is 470. The second-order valence-electron chi connectivity index (χ2n) is 5.71. The first-order chi connectivity index (χ1) is 10.1. The van der Waals surface area contributed by atoms with Gasteiger partial charge in [-0.05, 0) is 26.2 Å². The molecule has 0 spiro atoms. The SMILES string of the molecule is CC[C@H](C)NC(=O)CSc1nnc(C2CCCCC2)n1N. The van der Waals surface area contributed by atoms with Crippen molar-refractivity contribution in [3.8, 4) is 0 Å². The third kappa shape index (κ3) is 4.36. The maximum absolute atomic E-state index is 11.8. The topological polar surface area (TPSA) is 85.8 Å². The Morgan fingerprint density at radius 2 is 2.14 bits per heavy atom. The van der Waals surface area contributed by atoms with Crippen molar-refractivity contribution in [2.45, 2.75) is 69.5 Å². The Morgan fingerprint density at radius 1 is 1.43 bits per heavy atom. The normalized spacial score (nSPS) is 17.6. The number of hydrogen-bond donors (Lipinski definition) is 2. The van der Waals surface area contributed by atoms with Crippen LogP contribution in [0.15, 0.2) is 5.16 Å². The molecule has 2 rings (SSSR count). The van der Waals surface area contributed by atoms with E-state index in [-0.39, 0.29) is 11.9 Å². The second-order valence-corrected chi connectivity index (χ2v) is 6.65. The van der Waals surface area contributed by atoms with Gasteiger partial charge in [0, 0.05) is 12.0 Å². The number of nitrogens with one attached hydrogen (secondary N) is 1. The van der Waals surface area contributed by atoms with E-state index in [9.17, 15) is 4.79 Å². The summed E-state index contributed by atoms with van der Waals surface area (Å²) in [7, 11) is 0. The van der Waals surface area contributed by atoms with Crippen molar-refractivity contribution in [3.63, 3.8) is 0 Å². The summed E-state index contributed by atoms with van der Waals surface area (Å²) in [4.78, 5) is 11.8. The lowest BCUT2D eigenvalue weighted by Crippen LogP contribution is -2.33. The van der Waals surface area contributed by atoms with Crippen molar-refractivity contribution in [1.82, 2.24) is 20.2 Å². The van der Waals surface area contributed by atoms with E-state index in [4.69, 9.17) is 5.84 Å². The number of nitrogens with zero attached hydrogens (tertiary/aromatic N) is 3. The van der Waals surface area contributed by atoms with Gasteiger partial charge in [0.05, 0.1) is 5.75 Å². The predicted molar refractivity (Wildman–Crippen MR) is 84.6 cm³/mol. The van der Waals surface area contributed by atoms with Gasteiger partial charge in [-0.3, -0.25) is 4.79 Å². The molecule has 1 atom stereocenters. The number of carbonyl (C=O) groups excluding carboxylic acids is 1. The molecule has 1 aromatic heterocycles. The monoisotopic (exact) mass is 311 g/mol. The zero-order valence-electron chi connectivity index (χ0n) is 12.8. The van der Waals surface area contributed by atoms with E-state index in [1.54, 1.807) is 4.68 Å². The fourth-order valence-electron chi connectivity index (χ4n) is 2.57. The Morgan fingerprint density at radius 3 is 2.81 bits per heavy atom. The molecule has 0 bridgehead atoms. The van der Waals surface area contributed by atoms with Crippen molar-refractivity contribution in [2.24, 2.45) is 0 Å². The molecule has 21 heavy (non-hydrogen) atoms. The Kier molecular flexibility index (Phi) is 5.90. The molecule has 0 unspecified atom stereocenters. The van der Waals surface area contributed by atoms with Gasteiger partial charge < -0.3 is 11.2 Å². The Labute approximate surface area is 130 Å². The molecule has 0 saturated heterocycles. The first kappa shape index (κ1) is 16.1. The van der Waals surface area contributed by atoms with Gasteiger partial charge in [0.2, 0.25) is 11.1 Å². The average Bonchev–Trinajstić information content (AvgIpc) is 2.87. The van der Waals surface area contributed by atoms with Crippen molar-refractivity contribution >= 4 is 17.7 Å². The van der Waals surface area contributed by atoms with Gasteiger partial charge in [-0.2, -0.15) is 0 Å². The van der Waals surface area contributed by atoms with E-state index in [2.05, 4.69) is 15.5 Å². The van der Waals surface area contributed by atoms with Gasteiger partial charge >= 0.3 is 0 Å². The third-order valence-electron chi connectivity index (χ3n) is 4.01. The van der Waals surface area contributed by atoms with E-state index in [0.717, 1.165) is 25.1 Å². The lowest BCUT2D eigenvalue weighted by molar-refractivity contribution is -0.119. The number of hydrogen-bond acceptors (Lipinski definition) is 5. The fourth-order valence-corrected chi connectivity index (χ4v) is 3.25. The van der Waals surface area contributed by atoms with Crippen LogP contribution in [0.3, 0.4) is 0 Å². The van der Waals surface area contributed by atoms with Crippen LogP contribution in [0.25, 0.3) is 0 Å². The van der Waals surface area contributed by atoms with Crippen LogP contribution in [-0.4, -0.2) is 32.6 Å². The van der Waals surface area contributed by atoms with Crippen molar-refractivity contribution < 1.29 is 4.79 Å². The first-order valence-corrected chi connectivity index (χ1v) is 8.73. The van der Waals surface area contributed by atoms with Crippen molar-refractivity contribution in [3.05, 3.63) is 5.82 Å². The van der Waals surface area contributed by atoms with Crippen molar-refractivity contribution in [2.75, 3.05) is 11.6 Å². The van der Waals surface area contributed by atoms with Crippen LogP contribution in [0.2, 0.25) is 0 Å². The van der Waals surface area contributed by atoms with Crippen LogP contribution >= 0.6 is 11.8 Å². The molecule has 1 aliphatic carbocycles. The maximum atomic E-state index is 11.8. The van der Waals surface area contributed by atoms with Crippen LogP contribution in [0.4, 0.5) is 0 Å².